The molecule has 34 heavy (non-hydrogen) atoms. The van der Waals surface area contributed by atoms with E-state index in [2.05, 4.69) is 61.8 Å². The van der Waals surface area contributed by atoms with Gasteiger partial charge >= 0.3 is 6.03 Å². The maximum absolute atomic E-state index is 13.1. The zero-order valence-corrected chi connectivity index (χ0v) is 19.3. The van der Waals surface area contributed by atoms with Gasteiger partial charge < -0.3 is 10.2 Å². The molecular weight excluding hydrogens is 424 g/mol. The molecule has 0 saturated carbocycles. The Morgan fingerprint density at radius 3 is 2.85 bits per heavy atom. The lowest BCUT2D eigenvalue weighted by Gasteiger charge is -2.41. The molecule has 7 nitrogen and oxygen atoms in total. The lowest BCUT2D eigenvalue weighted by atomic mass is 9.99. The summed E-state index contributed by atoms with van der Waals surface area (Å²) < 4.78 is 0. The van der Waals surface area contributed by atoms with Gasteiger partial charge in [0.05, 0.1) is 5.52 Å². The van der Waals surface area contributed by atoms with E-state index in [9.17, 15) is 4.79 Å². The fraction of sp³-hybridized carbons (Fsp3) is 0.296. The van der Waals surface area contributed by atoms with Crippen LogP contribution in [0.1, 0.15) is 29.7 Å². The number of likely N-dealkylation sites (tertiary alicyclic amines) is 1. The van der Waals surface area contributed by atoms with Crippen LogP contribution in [0, 0.1) is 6.92 Å². The second-order valence-electron chi connectivity index (χ2n) is 9.39. The number of aromatic amines is 1. The number of H-pyrrole nitrogens is 1. The lowest BCUT2D eigenvalue weighted by molar-refractivity contribution is 0.108. The summed E-state index contributed by atoms with van der Waals surface area (Å²) in [5.74, 6) is 0. The van der Waals surface area contributed by atoms with Gasteiger partial charge in [-0.05, 0) is 61.7 Å². The van der Waals surface area contributed by atoms with E-state index in [-0.39, 0.29) is 12.1 Å². The quantitative estimate of drug-likeness (QED) is 0.460. The molecular formula is C27H28N6O. The van der Waals surface area contributed by atoms with E-state index in [4.69, 9.17) is 0 Å². The monoisotopic (exact) mass is 452 g/mol. The number of pyridine rings is 1. The van der Waals surface area contributed by atoms with Crippen molar-refractivity contribution in [3.8, 4) is 11.3 Å². The summed E-state index contributed by atoms with van der Waals surface area (Å²) in [6, 6.07) is 19.0. The molecule has 172 valence electrons. The number of aryl methyl sites for hydroxylation is 1. The van der Waals surface area contributed by atoms with Crippen LogP contribution in [0.2, 0.25) is 0 Å². The third-order valence-electron chi connectivity index (χ3n) is 6.97. The molecule has 0 aliphatic carbocycles. The SMILES string of the molecule is Cc1cc(-c2n[nH]c3cc4c(cc23)CN([C@@H]2CCCN(Cc3ccccc3)C2)C(=O)N4)ccn1. The zero-order chi connectivity index (χ0) is 23.1. The molecule has 6 rings (SSSR count). The van der Waals surface area contributed by atoms with Gasteiger partial charge in [-0.1, -0.05) is 30.3 Å². The molecule has 0 spiro atoms. The van der Waals surface area contributed by atoms with Crippen LogP contribution in [-0.2, 0) is 13.1 Å². The first-order valence-electron chi connectivity index (χ1n) is 11.9. The fourth-order valence-electron chi connectivity index (χ4n) is 5.28. The number of hydrogen-bond donors (Lipinski definition) is 2. The van der Waals surface area contributed by atoms with Gasteiger partial charge in [0.1, 0.15) is 5.69 Å². The first-order valence-corrected chi connectivity index (χ1v) is 11.9. The van der Waals surface area contributed by atoms with Gasteiger partial charge in [-0.25, -0.2) is 4.79 Å². The molecule has 2 aliphatic heterocycles. The van der Waals surface area contributed by atoms with E-state index in [1.54, 1.807) is 0 Å². The van der Waals surface area contributed by atoms with Crippen LogP contribution in [0.3, 0.4) is 0 Å². The van der Waals surface area contributed by atoms with E-state index in [0.29, 0.717) is 6.54 Å². The minimum Gasteiger partial charge on any atom is -0.316 e. The molecule has 0 radical (unpaired) electrons. The van der Waals surface area contributed by atoms with Gasteiger partial charge in [0.25, 0.3) is 0 Å². The van der Waals surface area contributed by atoms with E-state index in [1.807, 2.05) is 36.2 Å². The van der Waals surface area contributed by atoms with Crippen molar-refractivity contribution in [2.75, 3.05) is 18.4 Å². The number of urea groups is 1. The third kappa shape index (κ3) is 3.92. The topological polar surface area (TPSA) is 77.2 Å². The molecule has 1 saturated heterocycles. The van der Waals surface area contributed by atoms with E-state index >= 15 is 0 Å². The standard InChI is InChI=1S/C27H28N6O/c1-18-12-20(9-10-28-18)26-23-13-21-16-33(27(34)29-24(21)14-25(23)30-31-26)22-8-5-11-32(17-22)15-19-6-3-2-4-7-19/h2-4,6-7,9-10,12-14,22H,5,8,11,15-17H2,1H3,(H,29,34)(H,30,31)/t22-/m1/s1. The fourth-order valence-corrected chi connectivity index (χ4v) is 5.28. The van der Waals surface area contributed by atoms with Gasteiger partial charge in [-0.15, -0.1) is 0 Å². The van der Waals surface area contributed by atoms with Crippen molar-refractivity contribution < 1.29 is 4.79 Å². The number of rotatable bonds is 4. The summed E-state index contributed by atoms with van der Waals surface area (Å²) in [7, 11) is 0. The Hall–Kier alpha value is -3.71. The number of anilines is 1. The van der Waals surface area contributed by atoms with Crippen molar-refractivity contribution >= 4 is 22.6 Å². The van der Waals surface area contributed by atoms with Crippen molar-refractivity contribution in [2.45, 2.75) is 38.9 Å². The molecule has 4 heterocycles. The molecule has 1 fully saturated rings. The molecule has 1 atom stereocenters. The number of nitrogens with one attached hydrogen (secondary N) is 2. The van der Waals surface area contributed by atoms with Crippen LogP contribution in [0.4, 0.5) is 10.5 Å². The highest BCUT2D eigenvalue weighted by atomic mass is 16.2. The summed E-state index contributed by atoms with van der Waals surface area (Å²) in [5, 5.41) is 11.9. The minimum absolute atomic E-state index is 0.0112. The third-order valence-corrected chi connectivity index (χ3v) is 6.97. The largest absolute Gasteiger partial charge is 0.322 e. The van der Waals surface area contributed by atoms with Crippen molar-refractivity contribution in [2.24, 2.45) is 0 Å². The smallest absolute Gasteiger partial charge is 0.316 e. The Morgan fingerprint density at radius 1 is 1.12 bits per heavy atom. The molecule has 0 bridgehead atoms. The number of carbonyl (C=O) groups excluding carboxylic acids is 1. The normalized spacial score (nSPS) is 18.7. The second-order valence-corrected chi connectivity index (χ2v) is 9.39. The Morgan fingerprint density at radius 2 is 2.00 bits per heavy atom. The average Bonchev–Trinajstić information content (AvgIpc) is 3.26. The predicted octanol–water partition coefficient (Wildman–Crippen LogP) is 4.95. The Kier molecular flexibility index (Phi) is 5.26. The number of amides is 2. The number of carbonyl (C=O) groups is 1. The Balaban J connectivity index is 1.26. The van der Waals surface area contributed by atoms with Crippen LogP contribution in [0.25, 0.3) is 22.2 Å². The van der Waals surface area contributed by atoms with E-state index in [1.165, 1.54) is 5.56 Å². The van der Waals surface area contributed by atoms with E-state index < -0.39 is 0 Å². The number of nitrogens with zero attached hydrogens (tertiary/aromatic N) is 4. The van der Waals surface area contributed by atoms with Crippen LogP contribution >= 0.6 is 0 Å². The average molecular weight is 453 g/mol. The zero-order valence-electron chi connectivity index (χ0n) is 19.3. The molecule has 4 aromatic rings. The number of aromatic nitrogens is 3. The maximum Gasteiger partial charge on any atom is 0.322 e. The highest BCUT2D eigenvalue weighted by Gasteiger charge is 2.32. The van der Waals surface area contributed by atoms with Gasteiger partial charge in [-0.3, -0.25) is 15.0 Å². The molecule has 2 aromatic heterocycles. The highest BCUT2D eigenvalue weighted by Crippen LogP contribution is 2.34. The molecule has 2 aliphatic rings. The van der Waals surface area contributed by atoms with Crippen molar-refractivity contribution in [3.63, 3.8) is 0 Å². The van der Waals surface area contributed by atoms with Gasteiger partial charge in [0.2, 0.25) is 0 Å². The van der Waals surface area contributed by atoms with Crippen LogP contribution in [0.15, 0.2) is 60.8 Å². The van der Waals surface area contributed by atoms with Crippen LogP contribution in [-0.4, -0.2) is 50.1 Å². The maximum atomic E-state index is 13.1. The summed E-state index contributed by atoms with van der Waals surface area (Å²) in [6.45, 7) is 5.49. The Labute approximate surface area is 198 Å². The van der Waals surface area contributed by atoms with Crippen molar-refractivity contribution in [3.05, 3.63) is 77.6 Å². The highest BCUT2D eigenvalue weighted by molar-refractivity contribution is 6.00. The predicted molar refractivity (Wildman–Crippen MR) is 133 cm³/mol. The van der Waals surface area contributed by atoms with Gasteiger partial charge in [0.15, 0.2) is 0 Å². The van der Waals surface area contributed by atoms with Gasteiger partial charge in [0, 0.05) is 54.2 Å². The van der Waals surface area contributed by atoms with Crippen molar-refractivity contribution in [1.29, 1.82) is 0 Å². The number of hydrogen-bond acceptors (Lipinski definition) is 4. The number of fused-ring (bicyclic) bond motifs is 2. The first-order chi connectivity index (χ1) is 16.6. The molecule has 2 aromatic carbocycles. The number of benzene rings is 2. The van der Waals surface area contributed by atoms with Gasteiger partial charge in [-0.2, -0.15) is 5.10 Å². The summed E-state index contributed by atoms with van der Waals surface area (Å²) >= 11 is 0. The summed E-state index contributed by atoms with van der Waals surface area (Å²) in [5.41, 5.74) is 7.15. The summed E-state index contributed by atoms with van der Waals surface area (Å²) in [4.78, 5) is 21.9. The first kappa shape index (κ1) is 20.9. The molecule has 7 heteroatoms. The molecule has 2 N–H and O–H groups in total. The minimum atomic E-state index is -0.0112. The second kappa shape index (κ2) is 8.57. The van der Waals surface area contributed by atoms with Crippen LogP contribution in [0.5, 0.6) is 0 Å². The van der Waals surface area contributed by atoms with Crippen molar-refractivity contribution in [1.82, 2.24) is 25.0 Å². The lowest BCUT2D eigenvalue weighted by Crippen LogP contribution is -2.52. The summed E-state index contributed by atoms with van der Waals surface area (Å²) in [6.07, 6.45) is 3.94. The molecule has 2 amide bonds. The Bertz CT molecular complexity index is 1350. The number of piperidine rings is 1. The molecule has 0 unspecified atom stereocenters. The van der Waals surface area contributed by atoms with Crippen LogP contribution < -0.4 is 5.32 Å². The van der Waals surface area contributed by atoms with E-state index in [0.717, 1.165) is 71.6 Å².